The van der Waals surface area contributed by atoms with Crippen molar-refractivity contribution < 1.29 is 0 Å². The summed E-state index contributed by atoms with van der Waals surface area (Å²) in [4.78, 5) is 5.22. The van der Waals surface area contributed by atoms with Gasteiger partial charge < -0.3 is 0 Å². The highest BCUT2D eigenvalue weighted by molar-refractivity contribution is 6.28. The fourth-order valence-corrected chi connectivity index (χ4v) is 5.08. The third-order valence-electron chi connectivity index (χ3n) is 6.86. The number of fused-ring (bicyclic) bond motifs is 3. The molecule has 0 radical (unpaired) electrons. The Morgan fingerprint density at radius 2 is 0.886 bits per heavy atom. The first kappa shape index (κ1) is 21.3. The molecule has 0 saturated heterocycles. The highest BCUT2D eigenvalue weighted by Gasteiger charge is 2.30. The predicted molar refractivity (Wildman–Crippen MR) is 149 cm³/mol. The van der Waals surface area contributed by atoms with Gasteiger partial charge in [-0.25, -0.2) is 4.99 Å². The molecule has 0 amide bonds. The minimum absolute atomic E-state index is 0.986. The molecule has 0 aliphatic heterocycles. The Hall–Kier alpha value is -4.23. The molecule has 0 fully saturated rings. The van der Waals surface area contributed by atoms with Crippen LogP contribution < -0.4 is 0 Å². The van der Waals surface area contributed by atoms with Crippen LogP contribution in [0.3, 0.4) is 0 Å². The lowest BCUT2D eigenvalue weighted by Gasteiger charge is -2.14. The van der Waals surface area contributed by atoms with E-state index in [-0.39, 0.29) is 0 Å². The van der Waals surface area contributed by atoms with Gasteiger partial charge in [-0.3, -0.25) is 0 Å². The van der Waals surface area contributed by atoms with E-state index in [1.54, 1.807) is 0 Å². The van der Waals surface area contributed by atoms with Crippen molar-refractivity contribution in [2.75, 3.05) is 0 Å². The van der Waals surface area contributed by atoms with Crippen LogP contribution in [0.25, 0.3) is 33.4 Å². The van der Waals surface area contributed by atoms with Crippen molar-refractivity contribution in [3.63, 3.8) is 0 Å². The van der Waals surface area contributed by atoms with E-state index in [1.807, 2.05) is 0 Å². The predicted octanol–water partition coefficient (Wildman–Crippen LogP) is 9.10. The Morgan fingerprint density at radius 1 is 0.429 bits per heavy atom. The lowest BCUT2D eigenvalue weighted by Crippen LogP contribution is -1.98. The van der Waals surface area contributed by atoms with Crippen LogP contribution in [0.2, 0.25) is 0 Å². The van der Waals surface area contributed by atoms with Gasteiger partial charge in [-0.05, 0) is 60.7 Å². The third-order valence-corrected chi connectivity index (χ3v) is 6.86. The van der Waals surface area contributed by atoms with Crippen LogP contribution in [-0.2, 0) is 0 Å². The summed E-state index contributed by atoms with van der Waals surface area (Å²) in [5.74, 6) is 0. The first-order chi connectivity index (χ1) is 17.1. The van der Waals surface area contributed by atoms with E-state index in [0.29, 0.717) is 0 Å². The average molecular weight is 450 g/mol. The van der Waals surface area contributed by atoms with Gasteiger partial charge in [0.25, 0.3) is 0 Å². The van der Waals surface area contributed by atoms with Gasteiger partial charge in [-0.2, -0.15) is 0 Å². The Morgan fingerprint density at radius 3 is 1.37 bits per heavy atom. The number of aliphatic imine (C=N–C) groups is 1. The summed E-state index contributed by atoms with van der Waals surface area (Å²) in [6.45, 7) is 6.39. The van der Waals surface area contributed by atoms with Gasteiger partial charge in [0.2, 0.25) is 0 Å². The first-order valence-electron chi connectivity index (χ1n) is 12.1. The molecule has 35 heavy (non-hydrogen) atoms. The standard InChI is InChI=1S/C34H27N/c1-22-13-17-25(18-14-22)28-9-5-11-30-32(28)33-29(26-19-15-23(2)16-20-26)10-6-12-31(33)34(30)35-27-8-4-7-24(3)21-27/h4-21H,1-3H3. The maximum Gasteiger partial charge on any atom is 0.0794 e. The van der Waals surface area contributed by atoms with Crippen LogP contribution in [-0.4, -0.2) is 5.71 Å². The molecular weight excluding hydrogens is 422 g/mol. The van der Waals surface area contributed by atoms with Crippen molar-refractivity contribution in [3.05, 3.63) is 137 Å². The summed E-state index contributed by atoms with van der Waals surface area (Å²) in [6, 6.07) is 39.4. The lowest BCUT2D eigenvalue weighted by molar-refractivity contribution is 1.42. The molecule has 1 aliphatic rings. The Bertz CT molecular complexity index is 1490. The fraction of sp³-hybridized carbons (Fsp3) is 0.0882. The van der Waals surface area contributed by atoms with Crippen molar-refractivity contribution in [1.82, 2.24) is 0 Å². The van der Waals surface area contributed by atoms with Crippen molar-refractivity contribution in [1.29, 1.82) is 0 Å². The molecule has 168 valence electrons. The molecule has 0 heterocycles. The van der Waals surface area contributed by atoms with Gasteiger partial charge in [0.05, 0.1) is 11.4 Å². The molecule has 5 aromatic carbocycles. The summed E-state index contributed by atoms with van der Waals surface area (Å²) in [7, 11) is 0. The van der Waals surface area contributed by atoms with Crippen molar-refractivity contribution in [3.8, 4) is 33.4 Å². The molecule has 0 spiro atoms. The maximum absolute atomic E-state index is 5.22. The zero-order valence-electron chi connectivity index (χ0n) is 20.3. The van der Waals surface area contributed by atoms with Crippen LogP contribution >= 0.6 is 0 Å². The van der Waals surface area contributed by atoms with Crippen LogP contribution in [0.15, 0.2) is 114 Å². The molecule has 5 aromatic rings. The molecule has 6 rings (SSSR count). The summed E-state index contributed by atoms with van der Waals surface area (Å²) in [5.41, 5.74) is 15.7. The summed E-state index contributed by atoms with van der Waals surface area (Å²) >= 11 is 0. The van der Waals surface area contributed by atoms with E-state index in [9.17, 15) is 0 Å². The van der Waals surface area contributed by atoms with Gasteiger partial charge in [0, 0.05) is 22.3 Å². The van der Waals surface area contributed by atoms with Crippen molar-refractivity contribution in [2.45, 2.75) is 20.8 Å². The van der Waals surface area contributed by atoms with Gasteiger partial charge >= 0.3 is 0 Å². The Labute approximate surface area is 207 Å². The normalized spacial score (nSPS) is 11.8. The summed E-state index contributed by atoms with van der Waals surface area (Å²) < 4.78 is 0. The van der Waals surface area contributed by atoms with E-state index in [0.717, 1.165) is 11.4 Å². The van der Waals surface area contributed by atoms with Crippen LogP contribution in [0.1, 0.15) is 27.8 Å². The van der Waals surface area contributed by atoms with E-state index >= 15 is 0 Å². The number of rotatable bonds is 3. The number of hydrogen-bond acceptors (Lipinski definition) is 1. The first-order valence-corrected chi connectivity index (χ1v) is 12.1. The molecule has 0 unspecified atom stereocenters. The molecule has 1 nitrogen and oxygen atoms in total. The number of aryl methyl sites for hydroxylation is 3. The van der Waals surface area contributed by atoms with E-state index in [4.69, 9.17) is 4.99 Å². The topological polar surface area (TPSA) is 12.4 Å². The number of benzene rings is 5. The third kappa shape index (κ3) is 3.80. The highest BCUT2D eigenvalue weighted by atomic mass is 14.8. The number of nitrogens with zero attached hydrogens (tertiary/aromatic N) is 1. The molecular formula is C34H27N. The quantitative estimate of drug-likeness (QED) is 0.255. The molecule has 0 bridgehead atoms. The molecule has 0 aromatic heterocycles. The van der Waals surface area contributed by atoms with Gasteiger partial charge in [0.15, 0.2) is 0 Å². The SMILES string of the molecule is Cc1ccc(-c2cccc3c2-c2c(cccc2-c2ccc(C)cc2)C3=Nc2cccc(C)c2)cc1. The van der Waals surface area contributed by atoms with E-state index in [2.05, 4.69) is 130 Å². The van der Waals surface area contributed by atoms with Gasteiger partial charge in [0.1, 0.15) is 0 Å². The monoisotopic (exact) mass is 449 g/mol. The van der Waals surface area contributed by atoms with Crippen LogP contribution in [0, 0.1) is 20.8 Å². The molecule has 0 atom stereocenters. The minimum Gasteiger partial charge on any atom is -0.248 e. The fourth-order valence-electron chi connectivity index (χ4n) is 5.08. The minimum atomic E-state index is 0.986. The van der Waals surface area contributed by atoms with Crippen molar-refractivity contribution >= 4 is 11.4 Å². The smallest absolute Gasteiger partial charge is 0.0794 e. The molecule has 1 heteroatoms. The molecule has 1 aliphatic carbocycles. The summed E-state index contributed by atoms with van der Waals surface area (Å²) in [6.07, 6.45) is 0. The lowest BCUT2D eigenvalue weighted by atomic mass is 9.89. The second-order valence-corrected chi connectivity index (χ2v) is 9.49. The van der Waals surface area contributed by atoms with E-state index < -0.39 is 0 Å². The summed E-state index contributed by atoms with van der Waals surface area (Å²) in [5, 5.41) is 0. The number of hydrogen-bond donors (Lipinski definition) is 0. The maximum atomic E-state index is 5.22. The molecule has 0 N–H and O–H groups in total. The highest BCUT2D eigenvalue weighted by Crippen LogP contribution is 2.48. The van der Waals surface area contributed by atoms with Crippen molar-refractivity contribution in [2.24, 2.45) is 4.99 Å². The van der Waals surface area contributed by atoms with Crippen LogP contribution in [0.5, 0.6) is 0 Å². The van der Waals surface area contributed by atoms with Gasteiger partial charge in [-0.15, -0.1) is 0 Å². The Kier molecular flexibility index (Phi) is 5.19. The average Bonchev–Trinajstić information content (AvgIpc) is 3.19. The molecule has 0 saturated carbocycles. The second-order valence-electron chi connectivity index (χ2n) is 9.49. The van der Waals surface area contributed by atoms with Gasteiger partial charge in [-0.1, -0.05) is 108 Å². The zero-order valence-corrected chi connectivity index (χ0v) is 20.3. The zero-order chi connectivity index (χ0) is 23.9. The Balaban J connectivity index is 1.67. The van der Waals surface area contributed by atoms with Crippen LogP contribution in [0.4, 0.5) is 5.69 Å². The largest absolute Gasteiger partial charge is 0.248 e. The van der Waals surface area contributed by atoms with E-state index in [1.165, 1.54) is 61.2 Å². The second kappa shape index (κ2) is 8.52.